The topological polar surface area (TPSA) is 72.2 Å². The maximum Gasteiger partial charge on any atom is 0.252 e. The fourth-order valence-corrected chi connectivity index (χ4v) is 4.15. The second-order valence-corrected chi connectivity index (χ2v) is 7.33. The molecule has 6 heteroatoms. The van der Waals surface area contributed by atoms with E-state index in [-0.39, 0.29) is 5.91 Å². The smallest absolute Gasteiger partial charge is 0.252 e. The Labute approximate surface area is 159 Å². The highest BCUT2D eigenvalue weighted by Gasteiger charge is 2.20. The predicted octanol–water partition coefficient (Wildman–Crippen LogP) is 2.91. The lowest BCUT2D eigenvalue weighted by Crippen LogP contribution is -2.30. The van der Waals surface area contributed by atoms with Crippen molar-refractivity contribution in [1.82, 2.24) is 24.9 Å². The molecular formula is C21H25N5O. The van der Waals surface area contributed by atoms with E-state index in [0.29, 0.717) is 31.1 Å². The van der Waals surface area contributed by atoms with E-state index in [2.05, 4.69) is 44.6 Å². The molecule has 0 saturated heterocycles. The molecule has 0 bridgehead atoms. The minimum Gasteiger partial charge on any atom is -0.355 e. The molecule has 4 rings (SSSR count). The number of hydrogen-bond donors (Lipinski definition) is 1. The summed E-state index contributed by atoms with van der Waals surface area (Å²) < 4.78 is 1.74. The number of nitrogens with one attached hydrogen (secondary N) is 1. The average Bonchev–Trinajstić information content (AvgIpc) is 3.14. The van der Waals surface area contributed by atoms with Crippen LogP contribution in [0.25, 0.3) is 5.78 Å². The number of carbonyl (C=O) groups is 1. The molecule has 140 valence electrons. The highest BCUT2D eigenvalue weighted by molar-refractivity contribution is 5.76. The number of aromatic nitrogens is 4. The minimum absolute atomic E-state index is 0.0931. The second kappa shape index (κ2) is 7.47. The fraction of sp³-hybridized carbons (Fsp3) is 0.429. The molecule has 0 aliphatic heterocycles. The first kappa shape index (κ1) is 17.6. The van der Waals surface area contributed by atoms with Gasteiger partial charge in [-0.1, -0.05) is 24.3 Å². The summed E-state index contributed by atoms with van der Waals surface area (Å²) in [6, 6.07) is 8.61. The molecule has 1 amide bonds. The number of amides is 1. The van der Waals surface area contributed by atoms with Crippen molar-refractivity contribution in [2.45, 2.75) is 51.9 Å². The molecule has 1 aliphatic rings. The van der Waals surface area contributed by atoms with E-state index in [1.54, 1.807) is 4.52 Å². The van der Waals surface area contributed by atoms with Crippen molar-refractivity contribution in [2.24, 2.45) is 0 Å². The summed E-state index contributed by atoms with van der Waals surface area (Å²) in [5.41, 5.74) is 5.83. The third kappa shape index (κ3) is 3.56. The van der Waals surface area contributed by atoms with Gasteiger partial charge in [0.2, 0.25) is 5.91 Å². The number of carbonyl (C=O) groups excluding carboxylic acids is 1. The molecule has 1 aromatic carbocycles. The lowest BCUT2D eigenvalue weighted by atomic mass is 9.83. The third-order valence-corrected chi connectivity index (χ3v) is 5.63. The summed E-state index contributed by atoms with van der Waals surface area (Å²) in [6.07, 6.45) is 6.11. The minimum atomic E-state index is 0.0931. The zero-order chi connectivity index (χ0) is 18.8. The Morgan fingerprint density at radius 3 is 3.04 bits per heavy atom. The Bertz CT molecular complexity index is 978. The van der Waals surface area contributed by atoms with Gasteiger partial charge < -0.3 is 5.32 Å². The molecular weight excluding hydrogens is 338 g/mol. The van der Waals surface area contributed by atoms with Crippen LogP contribution in [0.3, 0.4) is 0 Å². The molecule has 2 aromatic heterocycles. The summed E-state index contributed by atoms with van der Waals surface area (Å²) in [7, 11) is 0. The highest BCUT2D eigenvalue weighted by atomic mass is 16.1. The molecule has 1 unspecified atom stereocenters. The lowest BCUT2D eigenvalue weighted by Gasteiger charge is -2.25. The van der Waals surface area contributed by atoms with E-state index in [0.717, 1.165) is 29.8 Å². The number of fused-ring (bicyclic) bond motifs is 2. The Kier molecular flexibility index (Phi) is 4.88. The van der Waals surface area contributed by atoms with E-state index >= 15 is 0 Å². The fourth-order valence-electron chi connectivity index (χ4n) is 4.15. The van der Waals surface area contributed by atoms with Gasteiger partial charge in [-0.2, -0.15) is 10.1 Å². The van der Waals surface area contributed by atoms with Crippen LogP contribution in [0.2, 0.25) is 0 Å². The molecule has 1 atom stereocenters. The number of hydrogen-bond acceptors (Lipinski definition) is 4. The Balaban J connectivity index is 1.37. The third-order valence-electron chi connectivity index (χ3n) is 5.63. The summed E-state index contributed by atoms with van der Waals surface area (Å²) in [4.78, 5) is 21.1. The van der Waals surface area contributed by atoms with Crippen molar-refractivity contribution in [3.8, 4) is 0 Å². The first-order valence-corrected chi connectivity index (χ1v) is 9.64. The summed E-state index contributed by atoms with van der Waals surface area (Å²) in [6.45, 7) is 4.69. The summed E-state index contributed by atoms with van der Waals surface area (Å²) in [5, 5.41) is 7.35. The second-order valence-electron chi connectivity index (χ2n) is 7.33. The van der Waals surface area contributed by atoms with Crippen molar-refractivity contribution in [1.29, 1.82) is 0 Å². The Hall–Kier alpha value is -2.76. The molecule has 0 saturated carbocycles. The first-order chi connectivity index (χ1) is 13.1. The van der Waals surface area contributed by atoms with Gasteiger partial charge in [-0.3, -0.25) is 4.79 Å². The van der Waals surface area contributed by atoms with Crippen LogP contribution in [0.1, 0.15) is 53.3 Å². The van der Waals surface area contributed by atoms with Crippen molar-refractivity contribution < 1.29 is 4.79 Å². The van der Waals surface area contributed by atoms with Gasteiger partial charge in [0.05, 0.1) is 0 Å². The van der Waals surface area contributed by atoms with Crippen LogP contribution in [-0.2, 0) is 17.6 Å². The van der Waals surface area contributed by atoms with Crippen LogP contribution in [-0.4, -0.2) is 32.0 Å². The van der Waals surface area contributed by atoms with Gasteiger partial charge in [-0.15, -0.1) is 0 Å². The van der Waals surface area contributed by atoms with Gasteiger partial charge >= 0.3 is 0 Å². The monoisotopic (exact) mass is 363 g/mol. The predicted molar refractivity (Wildman–Crippen MR) is 104 cm³/mol. The van der Waals surface area contributed by atoms with E-state index in [4.69, 9.17) is 0 Å². The zero-order valence-corrected chi connectivity index (χ0v) is 15.9. The van der Waals surface area contributed by atoms with E-state index in [1.807, 2.05) is 13.8 Å². The maximum atomic E-state index is 12.4. The van der Waals surface area contributed by atoms with E-state index in [1.165, 1.54) is 23.9 Å². The molecule has 27 heavy (non-hydrogen) atoms. The van der Waals surface area contributed by atoms with E-state index in [9.17, 15) is 4.79 Å². The SMILES string of the molecule is Cc1nc2ncnn2c(C)c1CCC(=O)NCC1CCCc2ccccc21. The first-order valence-electron chi connectivity index (χ1n) is 9.64. The molecule has 3 aromatic rings. The summed E-state index contributed by atoms with van der Waals surface area (Å²) in [5.74, 6) is 1.13. The number of benzene rings is 1. The van der Waals surface area contributed by atoms with Crippen LogP contribution in [0.4, 0.5) is 0 Å². The van der Waals surface area contributed by atoms with Crippen LogP contribution >= 0.6 is 0 Å². The van der Waals surface area contributed by atoms with Crippen LogP contribution in [0.5, 0.6) is 0 Å². The van der Waals surface area contributed by atoms with Gasteiger partial charge in [-0.25, -0.2) is 9.50 Å². The van der Waals surface area contributed by atoms with Crippen molar-refractivity contribution in [2.75, 3.05) is 6.54 Å². The van der Waals surface area contributed by atoms with Gasteiger partial charge in [-0.05, 0) is 56.2 Å². The molecule has 0 fully saturated rings. The number of rotatable bonds is 5. The summed E-state index contributed by atoms with van der Waals surface area (Å²) >= 11 is 0. The van der Waals surface area contributed by atoms with Gasteiger partial charge in [0.15, 0.2) is 0 Å². The van der Waals surface area contributed by atoms with Crippen LogP contribution < -0.4 is 5.32 Å². The van der Waals surface area contributed by atoms with Gasteiger partial charge in [0.25, 0.3) is 5.78 Å². The van der Waals surface area contributed by atoms with Crippen molar-refractivity contribution in [3.05, 3.63) is 58.7 Å². The highest BCUT2D eigenvalue weighted by Crippen LogP contribution is 2.30. The largest absolute Gasteiger partial charge is 0.355 e. The van der Waals surface area contributed by atoms with Gasteiger partial charge in [0.1, 0.15) is 6.33 Å². The Morgan fingerprint density at radius 1 is 1.30 bits per heavy atom. The normalized spacial score (nSPS) is 16.3. The number of aryl methyl sites for hydroxylation is 3. The maximum absolute atomic E-state index is 12.4. The molecule has 0 radical (unpaired) electrons. The average molecular weight is 363 g/mol. The number of nitrogens with zero attached hydrogens (tertiary/aromatic N) is 4. The zero-order valence-electron chi connectivity index (χ0n) is 15.9. The molecule has 2 heterocycles. The lowest BCUT2D eigenvalue weighted by molar-refractivity contribution is -0.121. The van der Waals surface area contributed by atoms with Crippen molar-refractivity contribution in [3.63, 3.8) is 0 Å². The molecule has 1 N–H and O–H groups in total. The molecule has 1 aliphatic carbocycles. The van der Waals surface area contributed by atoms with E-state index < -0.39 is 0 Å². The standard InChI is InChI=1S/C21H25N5O/c1-14-18(15(2)26-21(25-14)23-13-24-26)10-11-20(27)22-12-17-8-5-7-16-6-3-4-9-19(16)17/h3-4,6,9,13,17H,5,7-8,10-12H2,1-2H3,(H,22,27). The van der Waals surface area contributed by atoms with Crippen LogP contribution in [0, 0.1) is 13.8 Å². The van der Waals surface area contributed by atoms with Crippen molar-refractivity contribution >= 4 is 11.7 Å². The molecule has 0 spiro atoms. The van der Waals surface area contributed by atoms with Crippen LogP contribution in [0.15, 0.2) is 30.6 Å². The molecule has 6 nitrogen and oxygen atoms in total. The quantitative estimate of drug-likeness (QED) is 0.756. The van der Waals surface area contributed by atoms with Gasteiger partial charge in [0, 0.05) is 30.3 Å². The Morgan fingerprint density at radius 2 is 2.15 bits per heavy atom.